The van der Waals surface area contributed by atoms with Crippen LogP contribution in [-0.2, 0) is 0 Å². The van der Waals surface area contributed by atoms with Crippen LogP contribution in [0.15, 0.2) is 47.4 Å². The van der Waals surface area contributed by atoms with Crippen LogP contribution in [-0.4, -0.2) is 48.1 Å². The van der Waals surface area contributed by atoms with Gasteiger partial charge in [-0.3, -0.25) is 4.79 Å². The number of anilines is 1. The van der Waals surface area contributed by atoms with Gasteiger partial charge in [0.15, 0.2) is 0 Å². The number of aryl methyl sites for hydroxylation is 1. The Labute approximate surface area is 153 Å². The Morgan fingerprint density at radius 1 is 1.19 bits per heavy atom. The van der Waals surface area contributed by atoms with Crippen LogP contribution in [0.25, 0.3) is 22.0 Å². The molecule has 134 valence electrons. The number of hydrogen-bond acceptors (Lipinski definition) is 4. The summed E-state index contributed by atoms with van der Waals surface area (Å²) in [6, 6.07) is 12.5. The molecule has 4 rings (SSSR count). The van der Waals surface area contributed by atoms with Crippen LogP contribution in [0.4, 0.5) is 5.82 Å². The minimum atomic E-state index is -0.0568. The van der Waals surface area contributed by atoms with Gasteiger partial charge >= 0.3 is 0 Å². The summed E-state index contributed by atoms with van der Waals surface area (Å²) in [4.78, 5) is 24.6. The summed E-state index contributed by atoms with van der Waals surface area (Å²) >= 11 is 0. The molecule has 0 saturated carbocycles. The van der Waals surface area contributed by atoms with E-state index in [0.29, 0.717) is 6.04 Å². The number of fused-ring (bicyclic) bond motifs is 1. The molecule has 1 aromatic carbocycles. The standard InChI is InChI=1S/C21H24N4O/c1-14-5-4-6-17-18(14)11-19(23-21(17)26)15-7-8-20(22-12-15)25-10-9-16(13-25)24(2)3/h4-8,11-12,16H,9-10,13H2,1-3H3,(H,23,26). The second-order valence-corrected chi connectivity index (χ2v) is 7.31. The highest BCUT2D eigenvalue weighted by Gasteiger charge is 2.24. The fourth-order valence-electron chi connectivity index (χ4n) is 3.70. The van der Waals surface area contributed by atoms with Gasteiger partial charge in [0.1, 0.15) is 5.82 Å². The smallest absolute Gasteiger partial charge is 0.256 e. The summed E-state index contributed by atoms with van der Waals surface area (Å²) in [5.41, 5.74) is 2.78. The van der Waals surface area contributed by atoms with Gasteiger partial charge in [0, 0.05) is 36.3 Å². The lowest BCUT2D eigenvalue weighted by atomic mass is 10.0. The Morgan fingerprint density at radius 2 is 2.04 bits per heavy atom. The average molecular weight is 348 g/mol. The molecule has 0 radical (unpaired) electrons. The van der Waals surface area contributed by atoms with Crippen molar-refractivity contribution in [2.24, 2.45) is 0 Å². The largest absolute Gasteiger partial charge is 0.355 e. The van der Waals surface area contributed by atoms with Gasteiger partial charge in [0.2, 0.25) is 0 Å². The zero-order chi connectivity index (χ0) is 18.3. The maximum atomic E-state index is 12.4. The van der Waals surface area contributed by atoms with E-state index in [2.05, 4.69) is 33.9 Å². The van der Waals surface area contributed by atoms with Crippen molar-refractivity contribution in [3.8, 4) is 11.3 Å². The molecule has 2 aromatic heterocycles. The molecule has 3 heterocycles. The Kier molecular flexibility index (Phi) is 4.24. The molecule has 1 saturated heterocycles. The zero-order valence-electron chi connectivity index (χ0n) is 15.5. The van der Waals surface area contributed by atoms with E-state index in [1.807, 2.05) is 49.5 Å². The molecule has 5 heteroatoms. The second kappa shape index (κ2) is 6.57. The Bertz CT molecular complexity index is 991. The molecule has 1 unspecified atom stereocenters. The molecule has 26 heavy (non-hydrogen) atoms. The topological polar surface area (TPSA) is 52.2 Å². The summed E-state index contributed by atoms with van der Waals surface area (Å²) in [5.74, 6) is 0.998. The quantitative estimate of drug-likeness (QED) is 0.790. The molecular weight excluding hydrogens is 324 g/mol. The van der Waals surface area contributed by atoms with Gasteiger partial charge in [-0.15, -0.1) is 0 Å². The predicted molar refractivity (Wildman–Crippen MR) is 107 cm³/mol. The van der Waals surface area contributed by atoms with Crippen LogP contribution < -0.4 is 10.5 Å². The van der Waals surface area contributed by atoms with Crippen molar-refractivity contribution in [1.82, 2.24) is 14.9 Å². The van der Waals surface area contributed by atoms with E-state index < -0.39 is 0 Å². The van der Waals surface area contributed by atoms with E-state index in [0.717, 1.165) is 52.9 Å². The number of aromatic amines is 1. The van der Waals surface area contributed by atoms with Crippen molar-refractivity contribution < 1.29 is 0 Å². The average Bonchev–Trinajstić information content (AvgIpc) is 3.13. The molecule has 1 aliphatic rings. The highest BCUT2D eigenvalue weighted by molar-refractivity contribution is 5.87. The van der Waals surface area contributed by atoms with E-state index in [9.17, 15) is 4.79 Å². The monoisotopic (exact) mass is 348 g/mol. The summed E-state index contributed by atoms with van der Waals surface area (Å²) in [5, 5.41) is 1.72. The van der Waals surface area contributed by atoms with Crippen molar-refractivity contribution in [2.45, 2.75) is 19.4 Å². The first-order chi connectivity index (χ1) is 12.5. The van der Waals surface area contributed by atoms with Crippen molar-refractivity contribution >= 4 is 16.6 Å². The van der Waals surface area contributed by atoms with E-state index >= 15 is 0 Å². The number of H-pyrrole nitrogens is 1. The van der Waals surface area contributed by atoms with Gasteiger partial charge in [0.25, 0.3) is 5.56 Å². The van der Waals surface area contributed by atoms with Crippen molar-refractivity contribution in [2.75, 3.05) is 32.1 Å². The Balaban J connectivity index is 1.64. The summed E-state index contributed by atoms with van der Waals surface area (Å²) < 4.78 is 0. The summed E-state index contributed by atoms with van der Waals surface area (Å²) in [6.45, 7) is 4.06. The Morgan fingerprint density at radius 3 is 2.73 bits per heavy atom. The maximum Gasteiger partial charge on any atom is 0.256 e. The lowest BCUT2D eigenvalue weighted by Crippen LogP contribution is -2.31. The van der Waals surface area contributed by atoms with Gasteiger partial charge in [-0.25, -0.2) is 4.98 Å². The van der Waals surface area contributed by atoms with Crippen LogP contribution in [0.1, 0.15) is 12.0 Å². The molecule has 1 N–H and O–H groups in total. The summed E-state index contributed by atoms with van der Waals surface area (Å²) in [7, 11) is 4.26. The predicted octanol–water partition coefficient (Wildman–Crippen LogP) is 3.04. The molecule has 0 bridgehead atoms. The highest BCUT2D eigenvalue weighted by atomic mass is 16.1. The van der Waals surface area contributed by atoms with Gasteiger partial charge in [-0.1, -0.05) is 12.1 Å². The molecule has 1 fully saturated rings. The van der Waals surface area contributed by atoms with Crippen molar-refractivity contribution in [3.05, 3.63) is 58.5 Å². The van der Waals surface area contributed by atoms with Crippen LogP contribution in [0, 0.1) is 6.92 Å². The number of benzene rings is 1. The minimum absolute atomic E-state index is 0.0568. The normalized spacial score (nSPS) is 17.4. The SMILES string of the molecule is Cc1cccc2c(=O)[nH]c(-c3ccc(N4CCC(N(C)C)C4)nc3)cc12. The van der Waals surface area contributed by atoms with Crippen molar-refractivity contribution in [3.63, 3.8) is 0 Å². The summed E-state index contributed by atoms with van der Waals surface area (Å²) in [6.07, 6.45) is 3.02. The third-order valence-corrected chi connectivity index (χ3v) is 5.38. The van der Waals surface area contributed by atoms with Crippen LogP contribution in [0.5, 0.6) is 0 Å². The van der Waals surface area contributed by atoms with Crippen LogP contribution in [0.3, 0.4) is 0 Å². The van der Waals surface area contributed by atoms with Crippen LogP contribution in [0.2, 0.25) is 0 Å². The zero-order valence-corrected chi connectivity index (χ0v) is 15.5. The maximum absolute atomic E-state index is 12.4. The van der Waals surface area contributed by atoms with E-state index in [-0.39, 0.29) is 5.56 Å². The number of nitrogens with one attached hydrogen (secondary N) is 1. The highest BCUT2D eigenvalue weighted by Crippen LogP contribution is 2.25. The molecular formula is C21H24N4O. The fourth-order valence-corrected chi connectivity index (χ4v) is 3.70. The molecule has 0 aliphatic carbocycles. The molecule has 5 nitrogen and oxygen atoms in total. The number of pyridine rings is 2. The van der Waals surface area contributed by atoms with Gasteiger partial charge in [0.05, 0.1) is 5.69 Å². The third kappa shape index (κ3) is 2.99. The number of aromatic nitrogens is 2. The minimum Gasteiger partial charge on any atom is -0.355 e. The molecule has 0 amide bonds. The van der Waals surface area contributed by atoms with E-state index in [4.69, 9.17) is 0 Å². The van der Waals surface area contributed by atoms with E-state index in [1.54, 1.807) is 0 Å². The number of rotatable bonds is 3. The fraction of sp³-hybridized carbons (Fsp3) is 0.333. The van der Waals surface area contributed by atoms with Gasteiger partial charge < -0.3 is 14.8 Å². The van der Waals surface area contributed by atoms with Gasteiger partial charge in [-0.2, -0.15) is 0 Å². The van der Waals surface area contributed by atoms with Gasteiger partial charge in [-0.05, 0) is 62.7 Å². The number of likely N-dealkylation sites (N-methyl/N-ethyl adjacent to an activating group) is 1. The molecule has 3 aromatic rings. The first kappa shape index (κ1) is 16.8. The number of nitrogens with zero attached hydrogens (tertiary/aromatic N) is 3. The lowest BCUT2D eigenvalue weighted by molar-refractivity contribution is 0.315. The second-order valence-electron chi connectivity index (χ2n) is 7.31. The molecule has 1 aliphatic heterocycles. The van der Waals surface area contributed by atoms with Crippen LogP contribution >= 0.6 is 0 Å². The first-order valence-electron chi connectivity index (χ1n) is 9.03. The lowest BCUT2D eigenvalue weighted by Gasteiger charge is -2.21. The Hall–Kier alpha value is -2.66. The van der Waals surface area contributed by atoms with Crippen molar-refractivity contribution in [1.29, 1.82) is 0 Å². The third-order valence-electron chi connectivity index (χ3n) is 5.38. The molecule has 0 spiro atoms. The number of hydrogen-bond donors (Lipinski definition) is 1. The first-order valence-corrected chi connectivity index (χ1v) is 9.03. The molecule has 1 atom stereocenters. The van der Waals surface area contributed by atoms with E-state index in [1.165, 1.54) is 0 Å².